The Kier molecular flexibility index (Phi) is 7.37. The summed E-state index contributed by atoms with van der Waals surface area (Å²) in [6.45, 7) is 12.8. The molecule has 1 unspecified atom stereocenters. The van der Waals surface area contributed by atoms with Crippen molar-refractivity contribution in [3.05, 3.63) is 41.4 Å². The summed E-state index contributed by atoms with van der Waals surface area (Å²) in [4.78, 5) is 20.9. The maximum Gasteiger partial charge on any atom is 0.303 e. The van der Waals surface area contributed by atoms with Gasteiger partial charge >= 0.3 is 5.97 Å². The monoisotopic (exact) mass is 474 g/mol. The van der Waals surface area contributed by atoms with Gasteiger partial charge in [0.05, 0.1) is 10.6 Å². The van der Waals surface area contributed by atoms with Crippen LogP contribution < -0.4 is 4.90 Å². The topological polar surface area (TPSA) is 65.9 Å². The van der Waals surface area contributed by atoms with Crippen molar-refractivity contribution >= 4 is 23.4 Å². The molecule has 2 aliphatic carbocycles. The van der Waals surface area contributed by atoms with Gasteiger partial charge in [-0.05, 0) is 55.2 Å². The molecule has 7 heteroatoms. The van der Waals surface area contributed by atoms with E-state index in [0.29, 0.717) is 16.9 Å². The van der Waals surface area contributed by atoms with Crippen LogP contribution in [0.3, 0.4) is 0 Å². The second kappa shape index (κ2) is 9.93. The molecule has 3 aliphatic rings. The van der Waals surface area contributed by atoms with Gasteiger partial charge in [0.15, 0.2) is 0 Å². The van der Waals surface area contributed by atoms with Crippen molar-refractivity contribution < 1.29 is 14.6 Å². The van der Waals surface area contributed by atoms with E-state index in [1.807, 2.05) is 25.5 Å². The number of aliphatic hydroxyl groups is 1. The van der Waals surface area contributed by atoms with Gasteiger partial charge in [-0.25, -0.2) is 4.98 Å². The van der Waals surface area contributed by atoms with Crippen LogP contribution in [-0.4, -0.2) is 65.4 Å². The van der Waals surface area contributed by atoms with Gasteiger partial charge in [-0.2, -0.15) is 0 Å². The van der Waals surface area contributed by atoms with Gasteiger partial charge < -0.3 is 14.7 Å². The molecular weight excluding hydrogens is 438 g/mol. The lowest BCUT2D eigenvalue weighted by atomic mass is 9.57. The van der Waals surface area contributed by atoms with Crippen LogP contribution in [-0.2, 0) is 9.53 Å². The molecular formula is C26H37ClN3O3. The molecule has 181 valence electrons. The quantitative estimate of drug-likeness (QED) is 0.514. The summed E-state index contributed by atoms with van der Waals surface area (Å²) < 4.78 is 5.49. The minimum atomic E-state index is -0.935. The number of hydrogen-bond donors (Lipinski definition) is 1. The average Bonchev–Trinajstić information content (AvgIpc) is 2.77. The van der Waals surface area contributed by atoms with E-state index in [-0.39, 0.29) is 17.8 Å². The van der Waals surface area contributed by atoms with Crippen molar-refractivity contribution in [3.8, 4) is 0 Å². The molecule has 1 aromatic heterocycles. The molecule has 0 bridgehead atoms. The molecule has 6 atom stereocenters. The summed E-state index contributed by atoms with van der Waals surface area (Å²) in [5, 5.41) is 12.4. The number of piperazine rings is 1. The van der Waals surface area contributed by atoms with Crippen LogP contribution in [0, 0.1) is 30.1 Å². The van der Waals surface area contributed by atoms with E-state index in [1.54, 1.807) is 6.20 Å². The van der Waals surface area contributed by atoms with Crippen molar-refractivity contribution in [1.29, 1.82) is 0 Å². The fourth-order valence-electron chi connectivity index (χ4n) is 6.01. The van der Waals surface area contributed by atoms with Crippen LogP contribution in [0.2, 0.25) is 5.02 Å². The highest BCUT2D eigenvalue weighted by Gasteiger charge is 2.53. The highest BCUT2D eigenvalue weighted by atomic mass is 35.5. The lowest BCUT2D eigenvalue weighted by Gasteiger charge is -2.53. The lowest BCUT2D eigenvalue weighted by molar-refractivity contribution is -0.148. The van der Waals surface area contributed by atoms with Crippen molar-refractivity contribution in [2.24, 2.45) is 23.7 Å². The van der Waals surface area contributed by atoms with E-state index >= 15 is 0 Å². The molecule has 1 saturated carbocycles. The molecule has 1 radical (unpaired) electrons. The molecule has 1 N–H and O–H groups in total. The smallest absolute Gasteiger partial charge is 0.303 e. The van der Waals surface area contributed by atoms with E-state index in [4.69, 9.17) is 16.3 Å². The number of hydrogen-bond acceptors (Lipinski definition) is 6. The van der Waals surface area contributed by atoms with Crippen LogP contribution >= 0.6 is 11.6 Å². The predicted octanol–water partition coefficient (Wildman–Crippen LogP) is 3.98. The van der Waals surface area contributed by atoms with Gasteiger partial charge in [0.25, 0.3) is 0 Å². The SMILES string of the molecule is CC(=O)O[C@@H]1[CH][C@@]2(O)[C@H](C)CC[C@@H](C(C)CN3CCN(c4ccc(Cl)cn4)CC3)[C@H]2C=C1C. The second-order valence-electron chi connectivity index (χ2n) is 10.3. The maximum absolute atomic E-state index is 11.7. The average molecular weight is 475 g/mol. The van der Waals surface area contributed by atoms with Crippen LogP contribution in [0.25, 0.3) is 0 Å². The van der Waals surface area contributed by atoms with Crippen molar-refractivity contribution in [2.75, 3.05) is 37.6 Å². The molecule has 0 aromatic carbocycles. The largest absolute Gasteiger partial charge is 0.458 e. The third-order valence-electron chi connectivity index (χ3n) is 8.01. The van der Waals surface area contributed by atoms with Crippen molar-refractivity contribution in [2.45, 2.75) is 52.2 Å². The Balaban J connectivity index is 1.40. The first-order chi connectivity index (χ1) is 15.7. The minimum Gasteiger partial charge on any atom is -0.458 e. The first-order valence-corrected chi connectivity index (χ1v) is 12.6. The predicted molar refractivity (Wildman–Crippen MR) is 131 cm³/mol. The number of pyridine rings is 1. The van der Waals surface area contributed by atoms with Gasteiger partial charge in [0, 0.05) is 58.2 Å². The van der Waals surface area contributed by atoms with Crippen LogP contribution in [0.1, 0.15) is 40.5 Å². The molecule has 2 heterocycles. The zero-order chi connectivity index (χ0) is 23.8. The Bertz CT molecular complexity index is 868. The number of nitrogens with zero attached hydrogens (tertiary/aromatic N) is 3. The van der Waals surface area contributed by atoms with Crippen LogP contribution in [0.5, 0.6) is 0 Å². The highest BCUT2D eigenvalue weighted by Crippen LogP contribution is 2.50. The van der Waals surface area contributed by atoms with Crippen molar-refractivity contribution in [1.82, 2.24) is 9.88 Å². The second-order valence-corrected chi connectivity index (χ2v) is 10.7. The zero-order valence-corrected chi connectivity index (χ0v) is 21.0. The molecule has 6 nitrogen and oxygen atoms in total. The molecule has 1 aromatic rings. The summed E-state index contributed by atoms with van der Waals surface area (Å²) >= 11 is 5.98. The summed E-state index contributed by atoms with van der Waals surface area (Å²) in [6, 6.07) is 3.88. The normalized spacial score (nSPS) is 33.8. The van der Waals surface area contributed by atoms with Crippen molar-refractivity contribution in [3.63, 3.8) is 0 Å². The van der Waals surface area contributed by atoms with E-state index in [9.17, 15) is 9.90 Å². The molecule has 0 amide bonds. The third kappa shape index (κ3) is 5.23. The van der Waals surface area contributed by atoms with Gasteiger partial charge in [-0.1, -0.05) is 31.5 Å². The third-order valence-corrected chi connectivity index (χ3v) is 8.23. The van der Waals surface area contributed by atoms with E-state index < -0.39 is 11.7 Å². The van der Waals surface area contributed by atoms with Gasteiger partial charge in [-0.15, -0.1) is 0 Å². The van der Waals surface area contributed by atoms with Gasteiger partial charge in [0.1, 0.15) is 11.9 Å². The van der Waals surface area contributed by atoms with E-state index in [1.165, 1.54) is 6.92 Å². The number of carbonyl (C=O) groups is 1. The first kappa shape index (κ1) is 24.5. The fraction of sp³-hybridized carbons (Fsp3) is 0.654. The lowest BCUT2D eigenvalue weighted by Crippen LogP contribution is -2.57. The number of rotatable bonds is 5. The number of fused-ring (bicyclic) bond motifs is 1. The molecule has 33 heavy (non-hydrogen) atoms. The molecule has 4 rings (SSSR count). The van der Waals surface area contributed by atoms with Gasteiger partial charge in [-0.3, -0.25) is 9.69 Å². The number of anilines is 1. The van der Waals surface area contributed by atoms with E-state index in [2.05, 4.69) is 34.7 Å². The molecule has 1 aliphatic heterocycles. The number of carbonyl (C=O) groups excluding carboxylic acids is 1. The summed E-state index contributed by atoms with van der Waals surface area (Å²) in [5.74, 6) is 1.72. The Labute approximate surface area is 202 Å². The number of ether oxygens (including phenoxy) is 1. The molecule has 0 spiro atoms. The Morgan fingerprint density at radius 1 is 1.30 bits per heavy atom. The number of esters is 1. The minimum absolute atomic E-state index is 0.0580. The van der Waals surface area contributed by atoms with E-state index in [0.717, 1.165) is 57.0 Å². The van der Waals surface area contributed by atoms with Gasteiger partial charge in [0.2, 0.25) is 0 Å². The Morgan fingerprint density at radius 2 is 2.03 bits per heavy atom. The number of halogens is 1. The Hall–Kier alpha value is -1.63. The van der Waals surface area contributed by atoms with Crippen LogP contribution in [0.4, 0.5) is 5.82 Å². The molecule has 1 saturated heterocycles. The standard InChI is InChI=1S/C26H37ClN3O3/c1-17-13-23-22(7-5-19(3)26(23,32)14-24(17)33-20(4)31)18(2)16-29-9-11-30(12-10-29)25-8-6-21(27)15-28-25/h6,8,13-15,18-19,22-24,32H,5,7,9-12,16H2,1-4H3/t18?,19-,22+,23-,24-,26-/m1/s1. The molecule has 2 fully saturated rings. The number of aromatic nitrogens is 1. The Morgan fingerprint density at radius 3 is 2.67 bits per heavy atom. The fourth-order valence-corrected chi connectivity index (χ4v) is 6.12. The highest BCUT2D eigenvalue weighted by molar-refractivity contribution is 6.30. The maximum atomic E-state index is 11.7. The summed E-state index contributed by atoms with van der Waals surface area (Å²) in [5.41, 5.74) is 0.0886. The summed E-state index contributed by atoms with van der Waals surface area (Å²) in [7, 11) is 0. The summed E-state index contributed by atoms with van der Waals surface area (Å²) in [6.07, 6.45) is 7.45. The zero-order valence-electron chi connectivity index (χ0n) is 20.2. The first-order valence-electron chi connectivity index (χ1n) is 12.2. The van der Waals surface area contributed by atoms with Crippen LogP contribution in [0.15, 0.2) is 30.0 Å².